The number of aryl methyl sites for hydroxylation is 2. The van der Waals surface area contributed by atoms with Crippen LogP contribution in [0.25, 0.3) is 21.5 Å². The number of nitrogens with zero attached hydrogens (tertiary/aromatic N) is 2. The summed E-state index contributed by atoms with van der Waals surface area (Å²) in [5.41, 5.74) is 3.27. The lowest BCUT2D eigenvalue weighted by Gasteiger charge is -2.14. The SMILES string of the molecule is Cc1ccc(-c2cc(=O)n(C)c3ncc(C(Cl)c4ccc(Cl)cc4)cc23)s1. The van der Waals surface area contributed by atoms with Crippen LogP contribution in [-0.2, 0) is 7.05 Å². The summed E-state index contributed by atoms with van der Waals surface area (Å²) in [6.45, 7) is 2.05. The number of halogens is 2. The molecule has 136 valence electrons. The average molecular weight is 415 g/mol. The zero-order chi connectivity index (χ0) is 19.1. The second kappa shape index (κ2) is 7.12. The topological polar surface area (TPSA) is 34.9 Å². The van der Waals surface area contributed by atoms with Crippen molar-refractivity contribution in [3.8, 4) is 10.4 Å². The molecule has 0 aliphatic carbocycles. The third-order valence-electron chi connectivity index (χ3n) is 4.56. The number of benzene rings is 1. The van der Waals surface area contributed by atoms with Crippen molar-refractivity contribution >= 4 is 45.6 Å². The van der Waals surface area contributed by atoms with Crippen LogP contribution in [0, 0.1) is 6.92 Å². The van der Waals surface area contributed by atoms with Gasteiger partial charge in [-0.3, -0.25) is 9.36 Å². The van der Waals surface area contributed by atoms with E-state index in [0.717, 1.165) is 27.0 Å². The first kappa shape index (κ1) is 18.2. The molecule has 0 spiro atoms. The standard InChI is InChI=1S/C21H16Cl2N2OS/c1-12-3-8-18(27-12)16-10-19(26)25(2)21-17(16)9-14(11-24-21)20(23)13-4-6-15(22)7-5-13/h3-11,20H,1-2H3. The number of alkyl halides is 1. The van der Waals surface area contributed by atoms with Gasteiger partial charge in [0.15, 0.2) is 0 Å². The van der Waals surface area contributed by atoms with Gasteiger partial charge in [-0.05, 0) is 48.4 Å². The van der Waals surface area contributed by atoms with Gasteiger partial charge in [-0.2, -0.15) is 0 Å². The van der Waals surface area contributed by atoms with Crippen LogP contribution in [0.5, 0.6) is 0 Å². The number of pyridine rings is 2. The molecule has 1 atom stereocenters. The molecular formula is C21H16Cl2N2OS. The number of hydrogen-bond acceptors (Lipinski definition) is 3. The molecule has 4 rings (SSSR count). The van der Waals surface area contributed by atoms with Crippen molar-refractivity contribution in [2.24, 2.45) is 7.05 Å². The summed E-state index contributed by atoms with van der Waals surface area (Å²) in [5.74, 6) is 0. The zero-order valence-electron chi connectivity index (χ0n) is 14.7. The molecule has 4 aromatic rings. The highest BCUT2D eigenvalue weighted by atomic mass is 35.5. The van der Waals surface area contributed by atoms with Gasteiger partial charge in [-0.1, -0.05) is 23.7 Å². The molecule has 3 heterocycles. The Bertz CT molecular complexity index is 1200. The molecular weight excluding hydrogens is 399 g/mol. The van der Waals surface area contributed by atoms with Gasteiger partial charge in [0, 0.05) is 45.0 Å². The van der Waals surface area contributed by atoms with Gasteiger partial charge in [0.05, 0.1) is 5.38 Å². The second-order valence-corrected chi connectivity index (χ2v) is 8.58. The van der Waals surface area contributed by atoms with Crippen LogP contribution >= 0.6 is 34.5 Å². The molecule has 3 nitrogen and oxygen atoms in total. The molecule has 1 unspecified atom stereocenters. The second-order valence-electron chi connectivity index (χ2n) is 6.42. The van der Waals surface area contributed by atoms with Gasteiger partial charge in [-0.15, -0.1) is 22.9 Å². The van der Waals surface area contributed by atoms with E-state index in [1.165, 1.54) is 4.88 Å². The maximum absolute atomic E-state index is 12.4. The first-order valence-electron chi connectivity index (χ1n) is 8.40. The number of thiophene rings is 1. The maximum atomic E-state index is 12.4. The Hall–Kier alpha value is -2.14. The molecule has 0 aliphatic heterocycles. The Morgan fingerprint density at radius 2 is 1.81 bits per heavy atom. The highest BCUT2D eigenvalue weighted by Gasteiger charge is 2.16. The molecule has 6 heteroatoms. The quantitative estimate of drug-likeness (QED) is 0.388. The van der Waals surface area contributed by atoms with Crippen molar-refractivity contribution in [3.05, 3.63) is 86.1 Å². The highest BCUT2D eigenvalue weighted by molar-refractivity contribution is 7.15. The van der Waals surface area contributed by atoms with E-state index >= 15 is 0 Å². The van der Waals surface area contributed by atoms with Crippen molar-refractivity contribution in [1.82, 2.24) is 9.55 Å². The van der Waals surface area contributed by atoms with Crippen LogP contribution < -0.4 is 5.56 Å². The Morgan fingerprint density at radius 1 is 1.07 bits per heavy atom. The van der Waals surface area contributed by atoms with Crippen LogP contribution in [0.4, 0.5) is 0 Å². The molecule has 0 saturated heterocycles. The molecule has 0 radical (unpaired) electrons. The predicted octanol–water partition coefficient (Wildman–Crippen LogP) is 5.95. The maximum Gasteiger partial charge on any atom is 0.252 e. The van der Waals surface area contributed by atoms with Gasteiger partial charge >= 0.3 is 0 Å². The molecule has 0 saturated carbocycles. The molecule has 0 aliphatic rings. The molecule has 27 heavy (non-hydrogen) atoms. The van der Waals surface area contributed by atoms with Crippen LogP contribution in [0.3, 0.4) is 0 Å². The summed E-state index contributed by atoms with van der Waals surface area (Å²) in [4.78, 5) is 19.2. The van der Waals surface area contributed by atoms with Crippen LogP contribution in [0.1, 0.15) is 21.4 Å². The molecule has 3 aromatic heterocycles. The summed E-state index contributed by atoms with van der Waals surface area (Å²) in [7, 11) is 1.73. The van der Waals surface area contributed by atoms with E-state index in [0.29, 0.717) is 10.7 Å². The van der Waals surface area contributed by atoms with E-state index < -0.39 is 0 Å². The predicted molar refractivity (Wildman–Crippen MR) is 114 cm³/mol. The van der Waals surface area contributed by atoms with E-state index in [1.54, 1.807) is 35.2 Å². The molecule has 0 bridgehead atoms. The molecule has 0 N–H and O–H groups in total. The third kappa shape index (κ3) is 3.41. The zero-order valence-corrected chi connectivity index (χ0v) is 17.1. The monoisotopic (exact) mass is 414 g/mol. The minimum absolute atomic E-state index is 0.0797. The normalized spacial score (nSPS) is 12.4. The molecule has 0 amide bonds. The third-order valence-corrected chi connectivity index (χ3v) is 6.35. The largest absolute Gasteiger partial charge is 0.296 e. The van der Waals surface area contributed by atoms with Crippen molar-refractivity contribution < 1.29 is 0 Å². The van der Waals surface area contributed by atoms with Crippen LogP contribution in [0.15, 0.2) is 59.5 Å². The number of fused-ring (bicyclic) bond motifs is 1. The van der Waals surface area contributed by atoms with Crippen molar-refractivity contribution in [2.45, 2.75) is 12.3 Å². The smallest absolute Gasteiger partial charge is 0.252 e. The van der Waals surface area contributed by atoms with Crippen molar-refractivity contribution in [2.75, 3.05) is 0 Å². The number of rotatable bonds is 3. The van der Waals surface area contributed by atoms with Gasteiger partial charge in [0.25, 0.3) is 5.56 Å². The lowest BCUT2D eigenvalue weighted by Crippen LogP contribution is -2.17. The highest BCUT2D eigenvalue weighted by Crippen LogP contribution is 2.35. The Morgan fingerprint density at radius 3 is 2.48 bits per heavy atom. The molecule has 1 aromatic carbocycles. The summed E-state index contributed by atoms with van der Waals surface area (Å²) in [6, 6.07) is 15.3. The average Bonchev–Trinajstić information content (AvgIpc) is 3.10. The van der Waals surface area contributed by atoms with Crippen LogP contribution in [-0.4, -0.2) is 9.55 Å². The van der Waals surface area contributed by atoms with E-state index in [-0.39, 0.29) is 10.9 Å². The lowest BCUT2D eigenvalue weighted by atomic mass is 10.0. The first-order chi connectivity index (χ1) is 12.9. The Labute approximate surface area is 170 Å². The fourth-order valence-corrected chi connectivity index (χ4v) is 4.38. The lowest BCUT2D eigenvalue weighted by molar-refractivity contribution is 0.886. The minimum atomic E-state index is -0.352. The van der Waals surface area contributed by atoms with Crippen molar-refractivity contribution in [3.63, 3.8) is 0 Å². The van der Waals surface area contributed by atoms with E-state index in [1.807, 2.05) is 36.4 Å². The summed E-state index contributed by atoms with van der Waals surface area (Å²) >= 11 is 14.3. The van der Waals surface area contributed by atoms with Crippen molar-refractivity contribution in [1.29, 1.82) is 0 Å². The summed E-state index contributed by atoms with van der Waals surface area (Å²) < 4.78 is 1.56. The van der Waals surface area contributed by atoms with E-state index in [4.69, 9.17) is 23.2 Å². The Balaban J connectivity index is 1.91. The van der Waals surface area contributed by atoms with Gasteiger partial charge in [0.2, 0.25) is 0 Å². The number of hydrogen-bond donors (Lipinski definition) is 0. The van der Waals surface area contributed by atoms with Crippen LogP contribution in [0.2, 0.25) is 5.02 Å². The fraction of sp³-hybridized carbons (Fsp3) is 0.143. The van der Waals surface area contributed by atoms with Gasteiger partial charge in [-0.25, -0.2) is 4.98 Å². The molecule has 0 fully saturated rings. The van der Waals surface area contributed by atoms with Gasteiger partial charge in [0.1, 0.15) is 5.65 Å². The fourth-order valence-electron chi connectivity index (χ4n) is 3.09. The van der Waals surface area contributed by atoms with E-state index in [2.05, 4.69) is 18.0 Å². The summed E-state index contributed by atoms with van der Waals surface area (Å²) in [5, 5.41) is 1.23. The number of aromatic nitrogens is 2. The minimum Gasteiger partial charge on any atom is -0.296 e. The summed E-state index contributed by atoms with van der Waals surface area (Å²) in [6.07, 6.45) is 1.73. The van der Waals surface area contributed by atoms with Gasteiger partial charge < -0.3 is 0 Å². The Kier molecular flexibility index (Phi) is 4.81. The first-order valence-corrected chi connectivity index (χ1v) is 10.0. The van der Waals surface area contributed by atoms with E-state index in [9.17, 15) is 4.79 Å².